The van der Waals surface area contributed by atoms with E-state index in [4.69, 9.17) is 11.6 Å². The van der Waals surface area contributed by atoms with E-state index in [0.717, 1.165) is 23.2 Å². The van der Waals surface area contributed by atoms with Gasteiger partial charge in [0.2, 0.25) is 0 Å². The number of nitrogens with zero attached hydrogens (tertiary/aromatic N) is 2. The number of benzene rings is 1. The zero-order valence-electron chi connectivity index (χ0n) is 16.2. The van der Waals surface area contributed by atoms with Crippen molar-refractivity contribution in [2.45, 2.75) is 39.3 Å². The number of urea groups is 1. The van der Waals surface area contributed by atoms with Gasteiger partial charge in [-0.15, -0.1) is 0 Å². The van der Waals surface area contributed by atoms with Crippen LogP contribution in [0.3, 0.4) is 0 Å². The Morgan fingerprint density at radius 1 is 1.36 bits per heavy atom. The van der Waals surface area contributed by atoms with Gasteiger partial charge in [-0.25, -0.2) is 9.18 Å². The highest BCUT2D eigenvalue weighted by Crippen LogP contribution is 2.41. The fourth-order valence-electron chi connectivity index (χ4n) is 4.18. The molecule has 8 heteroatoms. The Kier molecular flexibility index (Phi) is 4.62. The van der Waals surface area contributed by atoms with Gasteiger partial charge in [0.05, 0.1) is 11.6 Å². The normalized spacial score (nSPS) is 21.8. The molecular weight excluding hydrogens is 383 g/mol. The molecule has 2 aromatic rings. The average Bonchev–Trinajstić information content (AvgIpc) is 3.04. The highest BCUT2D eigenvalue weighted by molar-refractivity contribution is 6.31. The van der Waals surface area contributed by atoms with Crippen LogP contribution in [-0.4, -0.2) is 51.9 Å². The van der Waals surface area contributed by atoms with E-state index in [1.165, 1.54) is 11.0 Å². The Hall–Kier alpha value is -2.12. The summed E-state index contributed by atoms with van der Waals surface area (Å²) < 4.78 is 13.8. The molecule has 1 atom stereocenters. The maximum atomic E-state index is 13.8. The number of aromatic nitrogens is 1. The van der Waals surface area contributed by atoms with E-state index in [1.807, 2.05) is 6.92 Å². The summed E-state index contributed by atoms with van der Waals surface area (Å²) in [4.78, 5) is 32.2. The molecule has 6 nitrogen and oxygen atoms in total. The minimum atomic E-state index is -0.932. The van der Waals surface area contributed by atoms with Crippen molar-refractivity contribution in [2.75, 3.05) is 19.6 Å². The van der Waals surface area contributed by atoms with Gasteiger partial charge in [-0.1, -0.05) is 25.4 Å². The molecule has 3 heterocycles. The lowest BCUT2D eigenvalue weighted by Crippen LogP contribution is -2.51. The van der Waals surface area contributed by atoms with Crippen LogP contribution in [0.25, 0.3) is 10.9 Å². The lowest BCUT2D eigenvalue weighted by Gasteiger charge is -2.35. The largest absolute Gasteiger partial charge is 0.357 e. The first-order valence-corrected chi connectivity index (χ1v) is 9.93. The van der Waals surface area contributed by atoms with Crippen LogP contribution in [0.15, 0.2) is 12.1 Å². The summed E-state index contributed by atoms with van der Waals surface area (Å²) in [6, 6.07) is 2.68. The molecule has 2 aliphatic heterocycles. The molecule has 3 amide bonds. The predicted octanol–water partition coefficient (Wildman–Crippen LogP) is 3.29. The summed E-state index contributed by atoms with van der Waals surface area (Å²) in [6.45, 7) is 8.07. The van der Waals surface area contributed by atoms with E-state index in [-0.39, 0.29) is 17.0 Å². The second-order valence-corrected chi connectivity index (χ2v) is 8.68. The summed E-state index contributed by atoms with van der Waals surface area (Å²) in [5.41, 5.74) is 1.45. The number of nitrogens with one attached hydrogen (secondary N) is 2. The minimum Gasteiger partial charge on any atom is -0.357 e. The second kappa shape index (κ2) is 6.74. The van der Waals surface area contributed by atoms with Crippen molar-refractivity contribution in [3.05, 3.63) is 34.2 Å². The fraction of sp³-hybridized carbons (Fsp3) is 0.500. The van der Waals surface area contributed by atoms with Crippen molar-refractivity contribution in [1.82, 2.24) is 20.1 Å². The van der Waals surface area contributed by atoms with Crippen LogP contribution >= 0.6 is 11.6 Å². The Bertz CT molecular complexity index is 973. The van der Waals surface area contributed by atoms with Crippen LogP contribution in [0.5, 0.6) is 0 Å². The van der Waals surface area contributed by atoms with Crippen LogP contribution < -0.4 is 5.32 Å². The van der Waals surface area contributed by atoms with Crippen LogP contribution in [-0.2, 0) is 17.8 Å². The van der Waals surface area contributed by atoms with Crippen molar-refractivity contribution in [3.63, 3.8) is 0 Å². The zero-order valence-corrected chi connectivity index (χ0v) is 17.0. The van der Waals surface area contributed by atoms with Crippen molar-refractivity contribution < 1.29 is 14.0 Å². The number of rotatable bonds is 5. The maximum absolute atomic E-state index is 13.8. The number of fused-ring (bicyclic) bond motifs is 4. The number of H-pyrrole nitrogens is 1. The SMILES string of the molecule is CC(C)CNCCN1C(=O)N2Cc3[nH]c4cc(F)c(Cl)cc4c3C[C@@]2(C)C1=O. The third-order valence-electron chi connectivity index (χ3n) is 5.70. The summed E-state index contributed by atoms with van der Waals surface area (Å²) in [6.07, 6.45) is 0.380. The number of carbonyl (C=O) groups excluding carboxylic acids is 2. The first-order chi connectivity index (χ1) is 13.2. The Balaban J connectivity index is 1.61. The summed E-state index contributed by atoms with van der Waals surface area (Å²) in [7, 11) is 0. The standard InChI is InChI=1S/C20H24ClFN4O2/c1-11(2)9-23-4-5-25-18(27)20(3)8-13-12-6-14(21)15(22)7-16(12)24-17(13)10-26(20)19(25)28/h6-7,11,23-24H,4-5,8-10H2,1-3H3/t20-/m0/s1. The molecule has 2 N–H and O–H groups in total. The van der Waals surface area contributed by atoms with E-state index in [9.17, 15) is 14.0 Å². The molecule has 1 saturated heterocycles. The molecule has 1 aromatic heterocycles. The van der Waals surface area contributed by atoms with Crippen molar-refractivity contribution in [2.24, 2.45) is 5.92 Å². The van der Waals surface area contributed by atoms with Gasteiger partial charge in [0.1, 0.15) is 11.4 Å². The first kappa shape index (κ1) is 19.2. The van der Waals surface area contributed by atoms with Gasteiger partial charge < -0.3 is 15.2 Å². The van der Waals surface area contributed by atoms with Crippen molar-refractivity contribution in [1.29, 1.82) is 0 Å². The molecule has 1 aromatic carbocycles. The average molecular weight is 407 g/mol. The minimum absolute atomic E-state index is 0.0496. The van der Waals surface area contributed by atoms with E-state index >= 15 is 0 Å². The maximum Gasteiger partial charge on any atom is 0.328 e. The van der Waals surface area contributed by atoms with Gasteiger partial charge in [0.15, 0.2) is 0 Å². The smallest absolute Gasteiger partial charge is 0.328 e. The summed E-state index contributed by atoms with van der Waals surface area (Å²) in [5, 5.41) is 4.13. The van der Waals surface area contributed by atoms with E-state index < -0.39 is 11.4 Å². The highest BCUT2D eigenvalue weighted by atomic mass is 35.5. The quantitative estimate of drug-likeness (QED) is 0.591. The summed E-state index contributed by atoms with van der Waals surface area (Å²) >= 11 is 5.97. The Morgan fingerprint density at radius 2 is 2.11 bits per heavy atom. The summed E-state index contributed by atoms with van der Waals surface area (Å²) in [5.74, 6) is -0.174. The molecule has 28 heavy (non-hydrogen) atoms. The van der Waals surface area contributed by atoms with Crippen LogP contribution in [0.4, 0.5) is 9.18 Å². The Labute approximate surface area is 168 Å². The van der Waals surface area contributed by atoms with Gasteiger partial charge in [0.25, 0.3) is 5.91 Å². The number of imide groups is 1. The zero-order chi connectivity index (χ0) is 20.2. The van der Waals surface area contributed by atoms with Crippen LogP contribution in [0, 0.1) is 11.7 Å². The van der Waals surface area contributed by atoms with Gasteiger partial charge in [-0.3, -0.25) is 9.69 Å². The number of hydrogen-bond acceptors (Lipinski definition) is 3. The molecule has 0 unspecified atom stereocenters. The lowest BCUT2D eigenvalue weighted by atomic mass is 9.86. The van der Waals surface area contributed by atoms with Crippen molar-refractivity contribution in [3.8, 4) is 0 Å². The number of halogens is 2. The second-order valence-electron chi connectivity index (χ2n) is 8.27. The van der Waals surface area contributed by atoms with Crippen LogP contribution in [0.2, 0.25) is 5.02 Å². The number of hydrogen-bond donors (Lipinski definition) is 2. The molecule has 0 spiro atoms. The van der Waals surface area contributed by atoms with Crippen LogP contribution in [0.1, 0.15) is 32.0 Å². The third-order valence-corrected chi connectivity index (χ3v) is 5.99. The molecule has 1 fully saturated rings. The van der Waals surface area contributed by atoms with E-state index in [0.29, 0.717) is 37.5 Å². The number of aromatic amines is 1. The molecule has 0 aliphatic carbocycles. The third kappa shape index (κ3) is 2.88. The molecular formula is C20H24ClFN4O2. The topological polar surface area (TPSA) is 68.4 Å². The monoisotopic (exact) mass is 406 g/mol. The van der Waals surface area contributed by atoms with Crippen molar-refractivity contribution >= 4 is 34.4 Å². The first-order valence-electron chi connectivity index (χ1n) is 9.55. The van der Waals surface area contributed by atoms with E-state index in [2.05, 4.69) is 24.1 Å². The molecule has 4 rings (SSSR count). The predicted molar refractivity (Wildman–Crippen MR) is 106 cm³/mol. The molecule has 0 bridgehead atoms. The lowest BCUT2D eigenvalue weighted by molar-refractivity contribution is -0.132. The fourth-order valence-corrected chi connectivity index (χ4v) is 4.35. The molecule has 2 aliphatic rings. The Morgan fingerprint density at radius 3 is 2.82 bits per heavy atom. The molecule has 0 saturated carbocycles. The van der Waals surface area contributed by atoms with Gasteiger partial charge in [-0.05, 0) is 37.1 Å². The van der Waals surface area contributed by atoms with Gasteiger partial charge in [0, 0.05) is 36.1 Å². The van der Waals surface area contributed by atoms with Gasteiger partial charge in [-0.2, -0.15) is 0 Å². The highest BCUT2D eigenvalue weighted by Gasteiger charge is 2.56. The number of carbonyl (C=O) groups is 2. The van der Waals surface area contributed by atoms with E-state index in [1.54, 1.807) is 11.0 Å². The molecule has 0 radical (unpaired) electrons. The molecule has 150 valence electrons. The van der Waals surface area contributed by atoms with Gasteiger partial charge >= 0.3 is 6.03 Å². The number of amides is 3.